The number of nitrogens with zero attached hydrogens (tertiary/aromatic N) is 3. The number of halogens is 1. The molecule has 0 unspecified atom stereocenters. The SMILES string of the molecule is CN1CCN(CC(=O)N(C)c2cccc(N/C(=C3\C(=O)Nc4cc(Cl)ccc43)c3ccccc3)c2)CC1. The second kappa shape index (κ2) is 10.8. The first-order valence-corrected chi connectivity index (χ1v) is 12.7. The van der Waals surface area contributed by atoms with Gasteiger partial charge in [-0.3, -0.25) is 14.5 Å². The summed E-state index contributed by atoms with van der Waals surface area (Å²) in [5.74, 6) is -0.149. The van der Waals surface area contributed by atoms with Crippen LogP contribution in [0.25, 0.3) is 11.3 Å². The van der Waals surface area contributed by atoms with Crippen molar-refractivity contribution >= 4 is 51.7 Å². The number of rotatable bonds is 6. The Bertz CT molecular complexity index is 1350. The fourth-order valence-corrected chi connectivity index (χ4v) is 4.83. The zero-order valence-electron chi connectivity index (χ0n) is 21.0. The molecule has 0 saturated carbocycles. The van der Waals surface area contributed by atoms with Crippen LogP contribution in [0.4, 0.5) is 17.1 Å². The first-order valence-electron chi connectivity index (χ1n) is 12.3. The van der Waals surface area contributed by atoms with Gasteiger partial charge in [-0.2, -0.15) is 0 Å². The number of amides is 2. The maximum atomic E-state index is 13.1. The van der Waals surface area contributed by atoms with E-state index in [0.29, 0.717) is 28.5 Å². The summed E-state index contributed by atoms with van der Waals surface area (Å²) in [6.45, 7) is 4.11. The number of carbonyl (C=O) groups excluding carboxylic acids is 2. The van der Waals surface area contributed by atoms with Gasteiger partial charge in [0.15, 0.2) is 0 Å². The van der Waals surface area contributed by atoms with Crippen molar-refractivity contribution < 1.29 is 9.59 Å². The van der Waals surface area contributed by atoms with Crippen molar-refractivity contribution in [2.24, 2.45) is 0 Å². The molecule has 0 spiro atoms. The van der Waals surface area contributed by atoms with Gasteiger partial charge in [-0.1, -0.05) is 54.1 Å². The van der Waals surface area contributed by atoms with Crippen molar-refractivity contribution in [1.82, 2.24) is 9.80 Å². The summed E-state index contributed by atoms with van der Waals surface area (Å²) in [5.41, 5.74) is 5.14. The molecule has 37 heavy (non-hydrogen) atoms. The van der Waals surface area contributed by atoms with Crippen LogP contribution in [0.15, 0.2) is 72.8 Å². The topological polar surface area (TPSA) is 67.9 Å². The van der Waals surface area contributed by atoms with E-state index < -0.39 is 0 Å². The third-order valence-electron chi connectivity index (χ3n) is 6.87. The minimum Gasteiger partial charge on any atom is -0.354 e. The molecule has 190 valence electrons. The fraction of sp³-hybridized carbons (Fsp3) is 0.241. The van der Waals surface area contributed by atoms with Gasteiger partial charge in [0.1, 0.15) is 0 Å². The highest BCUT2D eigenvalue weighted by molar-refractivity contribution is 6.38. The quantitative estimate of drug-likeness (QED) is 0.474. The van der Waals surface area contributed by atoms with E-state index in [2.05, 4.69) is 27.5 Å². The molecule has 0 aliphatic carbocycles. The van der Waals surface area contributed by atoms with Gasteiger partial charge in [0.05, 0.1) is 23.5 Å². The summed E-state index contributed by atoms with van der Waals surface area (Å²) < 4.78 is 0. The Balaban J connectivity index is 1.43. The average Bonchev–Trinajstić information content (AvgIpc) is 3.23. The van der Waals surface area contributed by atoms with E-state index in [0.717, 1.165) is 48.7 Å². The number of hydrogen-bond acceptors (Lipinski definition) is 5. The molecule has 1 fully saturated rings. The molecular formula is C29H30ClN5O2. The highest BCUT2D eigenvalue weighted by Gasteiger charge is 2.29. The second-order valence-electron chi connectivity index (χ2n) is 9.47. The van der Waals surface area contributed by atoms with Crippen LogP contribution in [-0.2, 0) is 9.59 Å². The number of benzene rings is 3. The van der Waals surface area contributed by atoms with E-state index in [1.54, 1.807) is 24.1 Å². The van der Waals surface area contributed by atoms with Gasteiger partial charge in [0.2, 0.25) is 5.91 Å². The lowest BCUT2D eigenvalue weighted by molar-refractivity contribution is -0.119. The molecule has 0 aromatic heterocycles. The molecule has 2 aliphatic rings. The molecule has 2 amide bonds. The summed E-state index contributed by atoms with van der Waals surface area (Å²) >= 11 is 6.17. The standard InChI is InChI=1S/C29H30ClN5O2/c1-33-13-15-35(16-14-33)19-26(36)34(2)23-10-6-9-22(18-23)31-28(20-7-4-3-5-8-20)27-24-12-11-21(30)17-25(24)32-29(27)37/h3-12,17-18,31H,13-16,19H2,1-2H3,(H,32,37)/b28-27-. The van der Waals surface area contributed by atoms with Crippen LogP contribution >= 0.6 is 11.6 Å². The molecule has 2 aliphatic heterocycles. The van der Waals surface area contributed by atoms with Gasteiger partial charge in [0.25, 0.3) is 5.91 Å². The zero-order valence-corrected chi connectivity index (χ0v) is 21.8. The van der Waals surface area contributed by atoms with E-state index in [9.17, 15) is 9.59 Å². The summed E-state index contributed by atoms with van der Waals surface area (Å²) in [5, 5.41) is 6.97. The molecule has 2 heterocycles. The highest BCUT2D eigenvalue weighted by Crippen LogP contribution is 2.39. The number of piperazine rings is 1. The van der Waals surface area contributed by atoms with Gasteiger partial charge < -0.3 is 20.4 Å². The Labute approximate surface area is 222 Å². The lowest BCUT2D eigenvalue weighted by Gasteiger charge is -2.32. The van der Waals surface area contributed by atoms with E-state index in [-0.39, 0.29) is 11.8 Å². The van der Waals surface area contributed by atoms with Crippen LogP contribution in [0.5, 0.6) is 0 Å². The Morgan fingerprint density at radius 3 is 2.51 bits per heavy atom. The minimum atomic E-state index is -0.195. The summed E-state index contributed by atoms with van der Waals surface area (Å²) in [7, 11) is 3.91. The largest absolute Gasteiger partial charge is 0.354 e. The Morgan fingerprint density at radius 2 is 1.76 bits per heavy atom. The Hall–Kier alpha value is -3.65. The van der Waals surface area contributed by atoms with Gasteiger partial charge in [-0.15, -0.1) is 0 Å². The highest BCUT2D eigenvalue weighted by atomic mass is 35.5. The molecule has 0 atom stereocenters. The van der Waals surface area contributed by atoms with Crippen molar-refractivity contribution in [2.75, 3.05) is 62.4 Å². The number of hydrogen-bond donors (Lipinski definition) is 2. The lowest BCUT2D eigenvalue weighted by atomic mass is 10.00. The van der Waals surface area contributed by atoms with Crippen LogP contribution in [0.3, 0.4) is 0 Å². The van der Waals surface area contributed by atoms with E-state index in [1.807, 2.05) is 60.7 Å². The lowest BCUT2D eigenvalue weighted by Crippen LogP contribution is -2.48. The van der Waals surface area contributed by atoms with Crippen molar-refractivity contribution in [1.29, 1.82) is 0 Å². The molecule has 5 rings (SSSR count). The fourth-order valence-electron chi connectivity index (χ4n) is 4.66. The van der Waals surface area contributed by atoms with Crippen molar-refractivity contribution in [3.63, 3.8) is 0 Å². The van der Waals surface area contributed by atoms with Crippen molar-refractivity contribution in [3.05, 3.63) is 88.9 Å². The van der Waals surface area contributed by atoms with Gasteiger partial charge in [0, 0.05) is 55.2 Å². The predicted octanol–water partition coefficient (Wildman–Crippen LogP) is 4.48. The number of carbonyl (C=O) groups is 2. The summed E-state index contributed by atoms with van der Waals surface area (Å²) in [4.78, 5) is 32.3. The Kier molecular flexibility index (Phi) is 7.28. The zero-order chi connectivity index (χ0) is 25.9. The van der Waals surface area contributed by atoms with Crippen molar-refractivity contribution in [2.45, 2.75) is 0 Å². The first-order chi connectivity index (χ1) is 17.9. The Morgan fingerprint density at radius 1 is 1.00 bits per heavy atom. The van der Waals surface area contributed by atoms with Crippen LogP contribution in [-0.4, -0.2) is 68.4 Å². The van der Waals surface area contributed by atoms with Crippen LogP contribution in [0.2, 0.25) is 5.02 Å². The molecular weight excluding hydrogens is 486 g/mol. The van der Waals surface area contributed by atoms with Gasteiger partial charge >= 0.3 is 0 Å². The first kappa shape index (κ1) is 25.0. The summed E-state index contributed by atoms with van der Waals surface area (Å²) in [6.07, 6.45) is 0. The molecule has 0 bridgehead atoms. The summed E-state index contributed by atoms with van der Waals surface area (Å²) in [6, 6.07) is 22.8. The molecule has 3 aromatic carbocycles. The third kappa shape index (κ3) is 5.54. The molecule has 8 heteroatoms. The molecule has 3 aromatic rings. The normalized spacial score (nSPS) is 17.2. The maximum Gasteiger partial charge on any atom is 0.258 e. The van der Waals surface area contributed by atoms with Crippen LogP contribution in [0.1, 0.15) is 11.1 Å². The molecule has 2 N–H and O–H groups in total. The number of likely N-dealkylation sites (N-methyl/N-ethyl adjacent to an activating group) is 2. The minimum absolute atomic E-state index is 0.0457. The predicted molar refractivity (Wildman–Crippen MR) is 151 cm³/mol. The smallest absolute Gasteiger partial charge is 0.258 e. The van der Waals surface area contributed by atoms with E-state index in [1.165, 1.54) is 0 Å². The van der Waals surface area contributed by atoms with Crippen LogP contribution < -0.4 is 15.5 Å². The van der Waals surface area contributed by atoms with Crippen molar-refractivity contribution in [3.8, 4) is 0 Å². The molecule has 1 saturated heterocycles. The van der Waals surface area contributed by atoms with E-state index in [4.69, 9.17) is 11.6 Å². The van der Waals surface area contributed by atoms with E-state index >= 15 is 0 Å². The van der Waals surface area contributed by atoms with Gasteiger partial charge in [-0.05, 0) is 42.9 Å². The molecule has 0 radical (unpaired) electrons. The third-order valence-corrected chi connectivity index (χ3v) is 7.11. The molecule has 7 nitrogen and oxygen atoms in total. The number of nitrogens with one attached hydrogen (secondary N) is 2. The maximum absolute atomic E-state index is 13.1. The average molecular weight is 516 g/mol. The van der Waals surface area contributed by atoms with Gasteiger partial charge in [-0.25, -0.2) is 0 Å². The second-order valence-corrected chi connectivity index (χ2v) is 9.90. The van der Waals surface area contributed by atoms with Crippen LogP contribution in [0, 0.1) is 0 Å². The number of fused-ring (bicyclic) bond motifs is 1. The monoisotopic (exact) mass is 515 g/mol. The number of anilines is 3.